The molecule has 3 rings (SSSR count). The minimum absolute atomic E-state index is 0.00506. The molecular weight excluding hydrogens is 354 g/mol. The van der Waals surface area contributed by atoms with Crippen LogP contribution in [-0.2, 0) is 6.42 Å². The van der Waals surface area contributed by atoms with Crippen LogP contribution in [0.5, 0.6) is 17.2 Å². The summed E-state index contributed by atoms with van der Waals surface area (Å²) in [6.07, 6.45) is 1.81. The van der Waals surface area contributed by atoms with E-state index < -0.39 is 0 Å². The second kappa shape index (κ2) is 8.55. The van der Waals surface area contributed by atoms with Crippen molar-refractivity contribution >= 4 is 5.91 Å². The molecule has 5 nitrogen and oxygen atoms in total. The van der Waals surface area contributed by atoms with Gasteiger partial charge in [0.2, 0.25) is 0 Å². The average Bonchev–Trinajstić information content (AvgIpc) is 3.01. The molecule has 0 radical (unpaired) electrons. The minimum Gasteiger partial charge on any atom is -0.493 e. The van der Waals surface area contributed by atoms with Gasteiger partial charge in [0.15, 0.2) is 11.5 Å². The lowest BCUT2D eigenvalue weighted by molar-refractivity contribution is 0.0788. The summed E-state index contributed by atoms with van der Waals surface area (Å²) in [5, 5.41) is 0. The van der Waals surface area contributed by atoms with Crippen molar-refractivity contribution in [1.82, 2.24) is 4.90 Å². The summed E-state index contributed by atoms with van der Waals surface area (Å²) >= 11 is 0. The summed E-state index contributed by atoms with van der Waals surface area (Å²) in [5.41, 5.74) is 2.93. The molecule has 1 aliphatic heterocycles. The SMILES string of the molecule is COc1ccc(CCCN(C)C(=O)c2cccc3c2O[C@@H](C)[C@@H]3C)cc1OC. The van der Waals surface area contributed by atoms with Crippen LogP contribution in [0.2, 0.25) is 0 Å². The second-order valence-corrected chi connectivity index (χ2v) is 7.36. The summed E-state index contributed by atoms with van der Waals surface area (Å²) in [6.45, 7) is 4.85. The van der Waals surface area contributed by atoms with E-state index in [4.69, 9.17) is 14.2 Å². The van der Waals surface area contributed by atoms with Gasteiger partial charge in [-0.1, -0.05) is 25.1 Å². The van der Waals surface area contributed by atoms with Crippen LogP contribution in [0.3, 0.4) is 0 Å². The first-order valence-corrected chi connectivity index (χ1v) is 9.72. The highest BCUT2D eigenvalue weighted by atomic mass is 16.5. The van der Waals surface area contributed by atoms with Crippen LogP contribution in [0.1, 0.15) is 47.7 Å². The van der Waals surface area contributed by atoms with E-state index in [-0.39, 0.29) is 12.0 Å². The highest BCUT2D eigenvalue weighted by Gasteiger charge is 2.31. The number of fused-ring (bicyclic) bond motifs is 1. The van der Waals surface area contributed by atoms with Gasteiger partial charge in [0.25, 0.3) is 5.91 Å². The van der Waals surface area contributed by atoms with Gasteiger partial charge in [-0.25, -0.2) is 0 Å². The van der Waals surface area contributed by atoms with Crippen LogP contribution >= 0.6 is 0 Å². The summed E-state index contributed by atoms with van der Waals surface area (Å²) in [4.78, 5) is 14.7. The summed E-state index contributed by atoms with van der Waals surface area (Å²) in [7, 11) is 5.11. The van der Waals surface area contributed by atoms with Crippen molar-refractivity contribution < 1.29 is 19.0 Å². The van der Waals surface area contributed by atoms with Crippen LogP contribution in [0.4, 0.5) is 0 Å². The van der Waals surface area contributed by atoms with Gasteiger partial charge in [-0.3, -0.25) is 4.79 Å². The van der Waals surface area contributed by atoms with Gasteiger partial charge < -0.3 is 19.1 Å². The van der Waals surface area contributed by atoms with E-state index in [9.17, 15) is 4.79 Å². The van der Waals surface area contributed by atoms with Gasteiger partial charge in [-0.15, -0.1) is 0 Å². The van der Waals surface area contributed by atoms with Crippen molar-refractivity contribution in [1.29, 1.82) is 0 Å². The summed E-state index contributed by atoms with van der Waals surface area (Å²) in [5.74, 6) is 2.51. The van der Waals surface area contributed by atoms with E-state index >= 15 is 0 Å². The normalized spacial score (nSPS) is 17.6. The molecule has 0 aromatic heterocycles. The second-order valence-electron chi connectivity index (χ2n) is 7.36. The fourth-order valence-corrected chi connectivity index (χ4v) is 3.62. The number of para-hydroxylation sites is 1. The predicted molar refractivity (Wildman–Crippen MR) is 110 cm³/mol. The first kappa shape index (κ1) is 20.1. The minimum atomic E-state index is 0.00506. The van der Waals surface area contributed by atoms with Gasteiger partial charge in [-0.05, 0) is 43.5 Å². The summed E-state index contributed by atoms with van der Waals surface area (Å²) < 4.78 is 16.6. The van der Waals surface area contributed by atoms with Crippen LogP contribution in [0.25, 0.3) is 0 Å². The fraction of sp³-hybridized carbons (Fsp3) is 0.435. The zero-order valence-electron chi connectivity index (χ0n) is 17.3. The molecule has 28 heavy (non-hydrogen) atoms. The third kappa shape index (κ3) is 3.93. The highest BCUT2D eigenvalue weighted by Crippen LogP contribution is 2.40. The zero-order valence-corrected chi connectivity index (χ0v) is 17.3. The first-order valence-electron chi connectivity index (χ1n) is 9.72. The molecule has 5 heteroatoms. The molecule has 0 aliphatic carbocycles. The molecular formula is C23H29NO4. The van der Waals surface area contributed by atoms with E-state index in [0.717, 1.165) is 41.2 Å². The monoisotopic (exact) mass is 383 g/mol. The summed E-state index contributed by atoms with van der Waals surface area (Å²) in [6, 6.07) is 11.8. The first-order chi connectivity index (χ1) is 13.5. The van der Waals surface area contributed by atoms with Crippen LogP contribution in [-0.4, -0.2) is 44.7 Å². The molecule has 2 atom stereocenters. The van der Waals surface area contributed by atoms with Crippen LogP contribution in [0, 0.1) is 0 Å². The number of nitrogens with zero attached hydrogens (tertiary/aromatic N) is 1. The Morgan fingerprint density at radius 2 is 1.86 bits per heavy atom. The Hall–Kier alpha value is -2.69. The van der Waals surface area contributed by atoms with Crippen molar-refractivity contribution in [2.75, 3.05) is 27.8 Å². The molecule has 0 spiro atoms. The van der Waals surface area contributed by atoms with Crippen molar-refractivity contribution in [3.8, 4) is 17.2 Å². The molecule has 1 amide bonds. The number of ether oxygens (including phenoxy) is 3. The number of rotatable bonds is 7. The molecule has 0 N–H and O–H groups in total. The van der Waals surface area contributed by atoms with Gasteiger partial charge in [-0.2, -0.15) is 0 Å². The zero-order chi connectivity index (χ0) is 20.3. The largest absolute Gasteiger partial charge is 0.493 e. The van der Waals surface area contributed by atoms with Crippen molar-refractivity contribution in [3.05, 3.63) is 53.1 Å². The maximum absolute atomic E-state index is 13.0. The number of hydrogen-bond donors (Lipinski definition) is 0. The van der Waals surface area contributed by atoms with E-state index in [1.54, 1.807) is 19.1 Å². The van der Waals surface area contributed by atoms with E-state index in [1.807, 2.05) is 44.3 Å². The molecule has 1 aliphatic rings. The Labute approximate surface area is 167 Å². The number of amides is 1. The third-order valence-corrected chi connectivity index (χ3v) is 5.53. The average molecular weight is 383 g/mol. The molecule has 0 bridgehead atoms. The van der Waals surface area contributed by atoms with Crippen LogP contribution in [0.15, 0.2) is 36.4 Å². The quantitative estimate of drug-likeness (QED) is 0.715. The number of benzene rings is 2. The smallest absolute Gasteiger partial charge is 0.257 e. The lowest BCUT2D eigenvalue weighted by Crippen LogP contribution is -2.28. The molecule has 0 saturated carbocycles. The Balaban J connectivity index is 1.62. The van der Waals surface area contributed by atoms with E-state index in [1.165, 1.54) is 0 Å². The Morgan fingerprint density at radius 3 is 2.57 bits per heavy atom. The van der Waals surface area contributed by atoms with Crippen LogP contribution < -0.4 is 14.2 Å². The number of hydrogen-bond acceptors (Lipinski definition) is 4. The Kier molecular flexibility index (Phi) is 6.12. The lowest BCUT2D eigenvalue weighted by atomic mass is 9.96. The van der Waals surface area contributed by atoms with Crippen molar-refractivity contribution in [2.24, 2.45) is 0 Å². The van der Waals surface area contributed by atoms with Gasteiger partial charge in [0.05, 0.1) is 19.8 Å². The Bertz CT molecular complexity index is 848. The molecule has 0 fully saturated rings. The molecule has 150 valence electrons. The standard InChI is InChI=1S/C23H29NO4/c1-15-16(2)28-22-18(15)9-6-10-19(22)23(25)24(3)13-7-8-17-11-12-20(26-4)21(14-17)27-5/h6,9-12,14-16H,7-8,13H2,1-5H3/t15-,16-/m0/s1. The number of aryl methyl sites for hydroxylation is 1. The molecule has 1 heterocycles. The van der Waals surface area contributed by atoms with E-state index in [2.05, 4.69) is 13.0 Å². The third-order valence-electron chi connectivity index (χ3n) is 5.53. The molecule has 0 unspecified atom stereocenters. The fourth-order valence-electron chi connectivity index (χ4n) is 3.62. The van der Waals surface area contributed by atoms with E-state index in [0.29, 0.717) is 18.0 Å². The number of methoxy groups -OCH3 is 2. The maximum Gasteiger partial charge on any atom is 0.257 e. The molecule has 0 saturated heterocycles. The lowest BCUT2D eigenvalue weighted by Gasteiger charge is -2.19. The molecule has 2 aromatic rings. The molecule has 2 aromatic carbocycles. The number of carbonyl (C=O) groups is 1. The topological polar surface area (TPSA) is 48.0 Å². The van der Waals surface area contributed by atoms with Gasteiger partial charge in [0, 0.05) is 25.1 Å². The Morgan fingerprint density at radius 1 is 1.11 bits per heavy atom. The van der Waals surface area contributed by atoms with Gasteiger partial charge >= 0.3 is 0 Å². The number of carbonyl (C=O) groups excluding carboxylic acids is 1. The van der Waals surface area contributed by atoms with Crippen molar-refractivity contribution in [3.63, 3.8) is 0 Å². The van der Waals surface area contributed by atoms with Crippen molar-refractivity contribution in [2.45, 2.75) is 38.7 Å². The van der Waals surface area contributed by atoms with Gasteiger partial charge in [0.1, 0.15) is 11.9 Å². The highest BCUT2D eigenvalue weighted by molar-refractivity contribution is 5.97. The maximum atomic E-state index is 13.0. The predicted octanol–water partition coefficient (Wildman–Crippen LogP) is 4.29.